The number of benzene rings is 1. The lowest BCUT2D eigenvalue weighted by Crippen LogP contribution is -2.06. The maximum atomic E-state index is 10.6. The normalized spacial score (nSPS) is 8.87. The van der Waals surface area contributed by atoms with Crippen LogP contribution in [0.25, 0.3) is 0 Å². The van der Waals surface area contributed by atoms with Crippen LogP contribution in [-0.4, -0.2) is 12.4 Å². The van der Waals surface area contributed by atoms with Gasteiger partial charge >= 0.3 is 0 Å². The molecule has 0 N–H and O–H groups in total. The molecule has 0 saturated carbocycles. The van der Waals surface area contributed by atoms with Crippen LogP contribution in [0.15, 0.2) is 18.2 Å². The average Bonchev–Trinajstić information content (AvgIpc) is 2.23. The largest absolute Gasteiger partial charge is 0.486 e. The maximum Gasteiger partial charge on any atom is 0.167 e. The van der Waals surface area contributed by atoms with E-state index >= 15 is 0 Å². The smallest absolute Gasteiger partial charge is 0.167 e. The lowest BCUT2D eigenvalue weighted by Gasteiger charge is -2.05. The molecular weight excluding hydrogens is 212 g/mol. The maximum absolute atomic E-state index is 10.6. The minimum Gasteiger partial charge on any atom is -0.486 e. The Kier molecular flexibility index (Phi) is 6.80. The van der Waals surface area contributed by atoms with Crippen molar-refractivity contribution in [1.29, 1.82) is 0 Å². The van der Waals surface area contributed by atoms with Gasteiger partial charge in [-0.2, -0.15) is 0 Å². The number of hydrogen-bond acceptors (Lipinski definition) is 2. The van der Waals surface area contributed by atoms with Gasteiger partial charge in [0.1, 0.15) is 12.4 Å². The minimum absolute atomic E-state index is 0.00704. The molecule has 0 heterocycles. The summed E-state index contributed by atoms with van der Waals surface area (Å²) in [6, 6.07) is 5.32. The Balaban J connectivity index is 0.000000921. The number of hydrogen-bond donors (Lipinski definition) is 0. The Morgan fingerprint density at radius 2 is 2.00 bits per heavy atom. The number of aryl methyl sites for hydroxylation is 1. The highest BCUT2D eigenvalue weighted by atomic mass is 35.5. The third-order valence-electron chi connectivity index (χ3n) is 1.57. The molecule has 0 bridgehead atoms. The van der Waals surface area contributed by atoms with E-state index in [1.54, 1.807) is 12.1 Å². The molecule has 0 saturated heterocycles. The zero-order valence-corrected chi connectivity index (χ0v) is 10.4. The van der Waals surface area contributed by atoms with Gasteiger partial charge in [-0.3, -0.25) is 4.79 Å². The molecule has 3 heteroatoms. The molecule has 1 aromatic rings. The van der Waals surface area contributed by atoms with E-state index in [-0.39, 0.29) is 12.4 Å². The van der Waals surface area contributed by atoms with Crippen LogP contribution in [0, 0.1) is 6.92 Å². The van der Waals surface area contributed by atoms with E-state index in [1.807, 2.05) is 26.8 Å². The second kappa shape index (κ2) is 7.30. The number of carbonyl (C=O) groups is 1. The van der Waals surface area contributed by atoms with E-state index in [0.717, 1.165) is 5.56 Å². The lowest BCUT2D eigenvalue weighted by atomic mass is 10.2. The SMILES string of the molecule is CC.CC(=O)COc1ccc(Cl)c(C)c1. The fraction of sp³-hybridized carbons (Fsp3) is 0.417. The van der Waals surface area contributed by atoms with Gasteiger partial charge in [0.05, 0.1) is 0 Å². The van der Waals surface area contributed by atoms with Gasteiger partial charge in [0, 0.05) is 5.02 Å². The first-order valence-corrected chi connectivity index (χ1v) is 5.36. The Morgan fingerprint density at radius 3 is 2.47 bits per heavy atom. The number of rotatable bonds is 3. The van der Waals surface area contributed by atoms with Crippen molar-refractivity contribution in [2.24, 2.45) is 0 Å². The van der Waals surface area contributed by atoms with Gasteiger partial charge in [-0.1, -0.05) is 25.4 Å². The average molecular weight is 229 g/mol. The fourth-order valence-electron chi connectivity index (χ4n) is 0.892. The topological polar surface area (TPSA) is 26.3 Å². The van der Waals surface area contributed by atoms with Crippen molar-refractivity contribution >= 4 is 17.4 Å². The number of carbonyl (C=O) groups excluding carboxylic acids is 1. The molecule has 0 aliphatic heterocycles. The van der Waals surface area contributed by atoms with Crippen LogP contribution in [0.2, 0.25) is 5.02 Å². The summed E-state index contributed by atoms with van der Waals surface area (Å²) in [7, 11) is 0. The van der Waals surface area contributed by atoms with Crippen molar-refractivity contribution in [2.45, 2.75) is 27.7 Å². The third kappa shape index (κ3) is 5.43. The first kappa shape index (κ1) is 14.0. The zero-order valence-electron chi connectivity index (χ0n) is 9.63. The van der Waals surface area contributed by atoms with E-state index in [2.05, 4.69) is 0 Å². The third-order valence-corrected chi connectivity index (χ3v) is 2.00. The molecule has 0 fully saturated rings. The van der Waals surface area contributed by atoms with E-state index in [1.165, 1.54) is 6.92 Å². The summed E-state index contributed by atoms with van der Waals surface area (Å²) >= 11 is 5.82. The summed E-state index contributed by atoms with van der Waals surface area (Å²) in [4.78, 5) is 10.6. The van der Waals surface area contributed by atoms with Crippen molar-refractivity contribution in [3.63, 3.8) is 0 Å². The summed E-state index contributed by atoms with van der Waals surface area (Å²) in [5.74, 6) is 0.685. The molecule has 0 aromatic heterocycles. The summed E-state index contributed by atoms with van der Waals surface area (Å²) in [6.45, 7) is 7.49. The highest BCUT2D eigenvalue weighted by Gasteiger charge is 1.99. The Labute approximate surface area is 96.2 Å². The van der Waals surface area contributed by atoms with Crippen LogP contribution < -0.4 is 4.74 Å². The molecule has 0 atom stereocenters. The van der Waals surface area contributed by atoms with Crippen molar-refractivity contribution in [1.82, 2.24) is 0 Å². The molecule has 84 valence electrons. The predicted octanol–water partition coefficient (Wildman–Crippen LogP) is 3.64. The second-order valence-electron chi connectivity index (χ2n) is 2.90. The van der Waals surface area contributed by atoms with Crippen LogP contribution in [0.3, 0.4) is 0 Å². The Morgan fingerprint density at radius 1 is 1.40 bits per heavy atom. The molecule has 2 nitrogen and oxygen atoms in total. The summed E-state index contributed by atoms with van der Waals surface area (Å²) in [6.07, 6.45) is 0. The molecule has 0 spiro atoms. The Hall–Kier alpha value is -1.02. The quantitative estimate of drug-likeness (QED) is 0.790. The van der Waals surface area contributed by atoms with Gasteiger partial charge < -0.3 is 4.74 Å². The Bertz CT molecular complexity index is 321. The zero-order chi connectivity index (χ0) is 11.8. The molecule has 0 unspecified atom stereocenters. The number of ketones is 1. The second-order valence-corrected chi connectivity index (χ2v) is 3.31. The van der Waals surface area contributed by atoms with E-state index in [0.29, 0.717) is 10.8 Å². The predicted molar refractivity (Wildman–Crippen MR) is 63.7 cm³/mol. The van der Waals surface area contributed by atoms with E-state index in [4.69, 9.17) is 16.3 Å². The first-order chi connectivity index (χ1) is 7.09. The molecular formula is C12H17ClO2. The highest BCUT2D eigenvalue weighted by molar-refractivity contribution is 6.31. The molecule has 0 aliphatic carbocycles. The van der Waals surface area contributed by atoms with Crippen molar-refractivity contribution in [3.05, 3.63) is 28.8 Å². The number of ether oxygens (including phenoxy) is 1. The molecule has 1 aromatic carbocycles. The van der Waals surface area contributed by atoms with Crippen LogP contribution in [0.1, 0.15) is 26.3 Å². The van der Waals surface area contributed by atoms with E-state index in [9.17, 15) is 4.79 Å². The summed E-state index contributed by atoms with van der Waals surface area (Å²) in [5.41, 5.74) is 0.947. The molecule has 0 aliphatic rings. The van der Waals surface area contributed by atoms with Gasteiger partial charge in [-0.25, -0.2) is 0 Å². The van der Waals surface area contributed by atoms with Crippen molar-refractivity contribution in [3.8, 4) is 5.75 Å². The monoisotopic (exact) mass is 228 g/mol. The van der Waals surface area contributed by atoms with Gasteiger partial charge in [0.25, 0.3) is 0 Å². The molecule has 0 amide bonds. The van der Waals surface area contributed by atoms with Crippen molar-refractivity contribution in [2.75, 3.05) is 6.61 Å². The van der Waals surface area contributed by atoms with Crippen LogP contribution in [-0.2, 0) is 4.79 Å². The van der Waals surface area contributed by atoms with Gasteiger partial charge in [0.2, 0.25) is 0 Å². The molecule has 1 rings (SSSR count). The molecule has 15 heavy (non-hydrogen) atoms. The standard InChI is InChI=1S/C10H11ClO2.C2H6/c1-7-5-9(3-4-10(7)11)13-6-8(2)12;1-2/h3-5H,6H2,1-2H3;1-2H3. The minimum atomic E-state index is 0.00704. The van der Waals surface area contributed by atoms with Gasteiger partial charge in [0.15, 0.2) is 5.78 Å². The van der Waals surface area contributed by atoms with Gasteiger partial charge in [-0.15, -0.1) is 0 Å². The highest BCUT2D eigenvalue weighted by Crippen LogP contribution is 2.20. The fourth-order valence-corrected chi connectivity index (χ4v) is 1.01. The number of halogens is 1. The summed E-state index contributed by atoms with van der Waals surface area (Å²) in [5, 5.41) is 0.704. The van der Waals surface area contributed by atoms with Crippen molar-refractivity contribution < 1.29 is 9.53 Å². The van der Waals surface area contributed by atoms with Gasteiger partial charge in [-0.05, 0) is 37.6 Å². The van der Waals surface area contributed by atoms with Crippen LogP contribution in [0.4, 0.5) is 0 Å². The lowest BCUT2D eigenvalue weighted by molar-refractivity contribution is -0.118. The number of Topliss-reactive ketones (excluding diaryl/α,β-unsaturated/α-hetero) is 1. The van der Waals surface area contributed by atoms with E-state index < -0.39 is 0 Å². The molecule has 0 radical (unpaired) electrons. The first-order valence-electron chi connectivity index (χ1n) is 4.98. The summed E-state index contributed by atoms with van der Waals surface area (Å²) < 4.78 is 5.20. The van der Waals surface area contributed by atoms with Crippen LogP contribution in [0.5, 0.6) is 5.75 Å². The van der Waals surface area contributed by atoms with Crippen LogP contribution >= 0.6 is 11.6 Å².